The molecule has 0 unspecified atom stereocenters. The van der Waals surface area contributed by atoms with Crippen LogP contribution in [0, 0.1) is 6.92 Å². The molecule has 31 heavy (non-hydrogen) atoms. The van der Waals surface area contributed by atoms with E-state index in [2.05, 4.69) is 26.1 Å². The Morgan fingerprint density at radius 2 is 2.03 bits per heavy atom. The monoisotopic (exact) mass is 544 g/mol. The Labute approximate surface area is 200 Å². The van der Waals surface area contributed by atoms with Crippen LogP contribution in [0.25, 0.3) is 6.08 Å². The third-order valence-corrected chi connectivity index (χ3v) is 6.01. The second-order valence-corrected chi connectivity index (χ2v) is 8.74. The van der Waals surface area contributed by atoms with Gasteiger partial charge < -0.3 is 19.0 Å². The number of methoxy groups -OCH3 is 1. The third-order valence-electron chi connectivity index (χ3n) is 3.88. The highest BCUT2D eigenvalue weighted by Crippen LogP contribution is 2.37. The van der Waals surface area contributed by atoms with Crippen LogP contribution in [0.15, 0.2) is 49.3 Å². The van der Waals surface area contributed by atoms with Crippen LogP contribution in [0.4, 0.5) is 0 Å². The van der Waals surface area contributed by atoms with Gasteiger partial charge in [0.25, 0.3) is 5.22 Å². The van der Waals surface area contributed by atoms with Crippen molar-refractivity contribution in [2.75, 3.05) is 7.11 Å². The molecule has 0 spiro atoms. The maximum Gasteiger partial charge on any atom is 0.342 e. The van der Waals surface area contributed by atoms with Gasteiger partial charge in [-0.1, -0.05) is 45.2 Å². The molecule has 11 heteroatoms. The predicted octanol–water partition coefficient (Wildman–Crippen LogP) is 6.25. The lowest BCUT2D eigenvalue weighted by Gasteiger charge is -2.14. The maximum atomic E-state index is 11.7. The van der Waals surface area contributed by atoms with Crippen LogP contribution < -0.4 is 9.47 Å². The van der Waals surface area contributed by atoms with Gasteiger partial charge in [-0.25, -0.2) is 4.79 Å². The van der Waals surface area contributed by atoms with Gasteiger partial charge in [0, 0.05) is 27.0 Å². The summed E-state index contributed by atoms with van der Waals surface area (Å²) in [5, 5.41) is 18.2. The van der Waals surface area contributed by atoms with Crippen molar-refractivity contribution in [3.8, 4) is 11.5 Å². The molecular weight excluding hydrogens is 531 g/mol. The van der Waals surface area contributed by atoms with E-state index in [1.54, 1.807) is 37.3 Å². The highest BCUT2D eigenvalue weighted by atomic mass is 79.9. The van der Waals surface area contributed by atoms with E-state index in [1.165, 1.54) is 13.2 Å². The molecule has 0 fully saturated rings. The number of nitrogens with zero attached hydrogens (tertiary/aromatic N) is 2. The average Bonchev–Trinajstić information content (AvgIpc) is 3.13. The molecule has 162 valence electrons. The van der Waals surface area contributed by atoms with Crippen LogP contribution in [0.5, 0.6) is 11.5 Å². The van der Waals surface area contributed by atoms with E-state index in [-0.39, 0.29) is 16.7 Å². The van der Waals surface area contributed by atoms with Crippen molar-refractivity contribution in [3.63, 3.8) is 0 Å². The van der Waals surface area contributed by atoms with E-state index in [0.29, 0.717) is 37.5 Å². The summed E-state index contributed by atoms with van der Waals surface area (Å²) in [6.07, 6.45) is 1.47. The summed E-state index contributed by atoms with van der Waals surface area (Å²) in [5.74, 6) is 0.0827. The summed E-state index contributed by atoms with van der Waals surface area (Å²) in [6, 6.07) is 8.49. The summed E-state index contributed by atoms with van der Waals surface area (Å²) >= 11 is 16.4. The highest BCUT2D eigenvalue weighted by molar-refractivity contribution is 9.10. The summed E-state index contributed by atoms with van der Waals surface area (Å²) in [4.78, 5) is 11.7. The normalized spacial score (nSPS) is 11.5. The van der Waals surface area contributed by atoms with Crippen LogP contribution in [0.2, 0.25) is 10.0 Å². The summed E-state index contributed by atoms with van der Waals surface area (Å²) in [5.41, 5.74) is 1.32. The van der Waals surface area contributed by atoms with E-state index < -0.39 is 5.97 Å². The molecule has 7 nitrogen and oxygen atoms in total. The van der Waals surface area contributed by atoms with Gasteiger partial charge in [-0.2, -0.15) is 0 Å². The molecule has 2 aromatic carbocycles. The van der Waals surface area contributed by atoms with Crippen molar-refractivity contribution in [2.45, 2.75) is 18.8 Å². The van der Waals surface area contributed by atoms with Crippen LogP contribution >= 0.6 is 50.9 Å². The predicted molar refractivity (Wildman–Crippen MR) is 122 cm³/mol. The topological polar surface area (TPSA) is 94.7 Å². The average molecular weight is 546 g/mol. The Morgan fingerprint density at radius 1 is 1.26 bits per heavy atom. The molecule has 0 saturated carbocycles. The molecule has 1 N–H and O–H groups in total. The molecule has 1 aromatic heterocycles. The third kappa shape index (κ3) is 6.16. The zero-order chi connectivity index (χ0) is 22.5. The van der Waals surface area contributed by atoms with Crippen molar-refractivity contribution in [1.29, 1.82) is 0 Å². The lowest BCUT2D eigenvalue weighted by Crippen LogP contribution is -2.00. The Kier molecular flexibility index (Phi) is 7.88. The zero-order valence-electron chi connectivity index (χ0n) is 16.2. The Hall–Kier alpha value is -2.20. The number of benzene rings is 2. The summed E-state index contributed by atoms with van der Waals surface area (Å²) in [7, 11) is 1.49. The van der Waals surface area contributed by atoms with Crippen molar-refractivity contribution in [2.24, 2.45) is 0 Å². The number of aliphatic carboxylic acids is 1. The maximum absolute atomic E-state index is 11.7. The number of carboxylic acids is 1. The van der Waals surface area contributed by atoms with Crippen molar-refractivity contribution < 1.29 is 23.8 Å². The van der Waals surface area contributed by atoms with Gasteiger partial charge in [-0.3, -0.25) is 0 Å². The number of aromatic nitrogens is 2. The van der Waals surface area contributed by atoms with Crippen LogP contribution in [-0.2, 0) is 11.4 Å². The first-order valence-electron chi connectivity index (χ1n) is 8.64. The summed E-state index contributed by atoms with van der Waals surface area (Å²) in [6.45, 7) is 1.82. The van der Waals surface area contributed by atoms with E-state index in [0.717, 1.165) is 17.3 Å². The van der Waals surface area contributed by atoms with Crippen LogP contribution in [0.3, 0.4) is 0 Å². The standard InChI is InChI=1S/C20H15BrCl2N2O5S/c1-10-24-25-20(30-10)31-18(19(26)27)6-12-5-16(28-2)17(8-14(12)21)29-9-11-3-4-13(22)7-15(11)23/h3-8H,9H2,1-2H3,(H,26,27)/b18-6-. The smallest absolute Gasteiger partial charge is 0.342 e. The van der Waals surface area contributed by atoms with Gasteiger partial charge in [-0.05, 0) is 47.7 Å². The van der Waals surface area contributed by atoms with Crippen molar-refractivity contribution in [3.05, 3.63) is 66.8 Å². The molecule has 0 aliphatic heterocycles. The SMILES string of the molecule is COc1cc(/C=C(\Sc2nnc(C)o2)C(=O)O)c(Br)cc1OCc1ccc(Cl)cc1Cl. The molecule has 3 aromatic rings. The Morgan fingerprint density at radius 3 is 2.65 bits per heavy atom. The van der Waals surface area contributed by atoms with Crippen molar-refractivity contribution in [1.82, 2.24) is 10.2 Å². The number of carboxylic acid groups (broad SMARTS) is 1. The number of hydrogen-bond acceptors (Lipinski definition) is 7. The lowest BCUT2D eigenvalue weighted by atomic mass is 10.2. The van der Waals surface area contributed by atoms with E-state index in [1.807, 2.05) is 0 Å². The van der Waals surface area contributed by atoms with Gasteiger partial charge >= 0.3 is 5.97 Å². The van der Waals surface area contributed by atoms with E-state index >= 15 is 0 Å². The molecule has 0 saturated heterocycles. The number of ether oxygens (including phenoxy) is 2. The molecule has 0 bridgehead atoms. The first-order valence-corrected chi connectivity index (χ1v) is 11.0. The highest BCUT2D eigenvalue weighted by Gasteiger charge is 2.17. The quantitative estimate of drug-likeness (QED) is 0.262. The molecule has 0 atom stereocenters. The fourth-order valence-electron chi connectivity index (χ4n) is 2.42. The second kappa shape index (κ2) is 10.4. The Balaban J connectivity index is 1.86. The van der Waals surface area contributed by atoms with Crippen LogP contribution in [0.1, 0.15) is 17.0 Å². The molecule has 0 aliphatic rings. The van der Waals surface area contributed by atoms with Crippen LogP contribution in [-0.4, -0.2) is 28.4 Å². The number of carbonyl (C=O) groups is 1. The number of thioether (sulfide) groups is 1. The number of hydrogen-bond donors (Lipinski definition) is 1. The number of halogens is 3. The first-order chi connectivity index (χ1) is 14.8. The molecule has 1 heterocycles. The van der Waals surface area contributed by atoms with E-state index in [4.69, 9.17) is 37.1 Å². The van der Waals surface area contributed by atoms with Gasteiger partial charge in [0.1, 0.15) is 11.5 Å². The van der Waals surface area contributed by atoms with Gasteiger partial charge in [0.05, 0.1) is 7.11 Å². The largest absolute Gasteiger partial charge is 0.493 e. The molecular formula is C20H15BrCl2N2O5S. The molecule has 0 radical (unpaired) electrons. The molecule has 0 aliphatic carbocycles. The second-order valence-electron chi connectivity index (χ2n) is 6.05. The Bertz CT molecular complexity index is 1150. The summed E-state index contributed by atoms with van der Waals surface area (Å²) < 4.78 is 17.1. The molecule has 3 rings (SSSR count). The fourth-order valence-corrected chi connectivity index (χ4v) is 4.02. The van der Waals surface area contributed by atoms with Gasteiger partial charge in [-0.15, -0.1) is 10.2 Å². The lowest BCUT2D eigenvalue weighted by molar-refractivity contribution is -0.131. The zero-order valence-corrected chi connectivity index (χ0v) is 20.1. The first kappa shape index (κ1) is 23.5. The minimum absolute atomic E-state index is 0.00647. The number of aryl methyl sites for hydroxylation is 1. The number of rotatable bonds is 8. The minimum Gasteiger partial charge on any atom is -0.493 e. The minimum atomic E-state index is -1.13. The van der Waals surface area contributed by atoms with Crippen molar-refractivity contribution >= 4 is 62.9 Å². The van der Waals surface area contributed by atoms with Gasteiger partial charge in [0.2, 0.25) is 5.89 Å². The fraction of sp³-hybridized carbons (Fsp3) is 0.150. The molecule has 0 amide bonds. The van der Waals surface area contributed by atoms with Gasteiger partial charge in [0.15, 0.2) is 11.5 Å². The van der Waals surface area contributed by atoms with E-state index in [9.17, 15) is 9.90 Å².